The summed E-state index contributed by atoms with van der Waals surface area (Å²) in [6.45, 7) is -0.661. The van der Waals surface area contributed by atoms with Crippen LogP contribution in [0.4, 0.5) is 17.6 Å². The van der Waals surface area contributed by atoms with Gasteiger partial charge in [0.2, 0.25) is 0 Å². The van der Waals surface area contributed by atoms with Crippen molar-refractivity contribution in [1.82, 2.24) is 5.43 Å². The summed E-state index contributed by atoms with van der Waals surface area (Å²) in [5.41, 5.74) is 2.66. The summed E-state index contributed by atoms with van der Waals surface area (Å²) < 4.78 is 54.2. The van der Waals surface area contributed by atoms with Gasteiger partial charge in [-0.15, -0.1) is 0 Å². The lowest BCUT2D eigenvalue weighted by molar-refractivity contribution is 0.0143. The number of hydrazine groups is 1. The molecule has 0 aliphatic rings. The SMILES string of the molecule is NNC(CCOCC(F)F)c1cc(F)cc(F)c1. The van der Waals surface area contributed by atoms with Crippen molar-refractivity contribution in [2.24, 2.45) is 5.84 Å². The van der Waals surface area contributed by atoms with Crippen LogP contribution in [0, 0.1) is 11.6 Å². The topological polar surface area (TPSA) is 47.3 Å². The Labute approximate surface area is 102 Å². The van der Waals surface area contributed by atoms with Gasteiger partial charge in [-0.2, -0.15) is 0 Å². The minimum Gasteiger partial charge on any atom is -0.375 e. The van der Waals surface area contributed by atoms with E-state index < -0.39 is 30.7 Å². The van der Waals surface area contributed by atoms with Crippen molar-refractivity contribution in [3.63, 3.8) is 0 Å². The second kappa shape index (κ2) is 7.30. The molecule has 3 N–H and O–H groups in total. The maximum absolute atomic E-state index is 13.0. The smallest absolute Gasteiger partial charge is 0.261 e. The Morgan fingerprint density at radius 1 is 1.17 bits per heavy atom. The largest absolute Gasteiger partial charge is 0.375 e. The molecular weight excluding hydrogens is 252 g/mol. The third-order valence-corrected chi connectivity index (χ3v) is 2.28. The Kier molecular flexibility index (Phi) is 6.03. The predicted octanol–water partition coefficient (Wildman–Crippen LogP) is 2.14. The highest BCUT2D eigenvalue weighted by atomic mass is 19.3. The molecule has 0 aromatic heterocycles. The molecule has 0 aliphatic carbocycles. The first-order chi connectivity index (χ1) is 8.52. The summed E-state index contributed by atoms with van der Waals surface area (Å²) in [6.07, 6.45) is -2.31. The molecule has 18 heavy (non-hydrogen) atoms. The quantitative estimate of drug-likeness (QED) is 0.344. The van der Waals surface area contributed by atoms with Crippen molar-refractivity contribution in [2.75, 3.05) is 13.2 Å². The Morgan fingerprint density at radius 3 is 2.28 bits per heavy atom. The lowest BCUT2D eigenvalue weighted by Crippen LogP contribution is -2.29. The predicted molar refractivity (Wildman–Crippen MR) is 57.9 cm³/mol. The minimum absolute atomic E-state index is 0.0112. The van der Waals surface area contributed by atoms with Gasteiger partial charge < -0.3 is 4.74 Å². The molecule has 0 saturated heterocycles. The van der Waals surface area contributed by atoms with Gasteiger partial charge in [-0.05, 0) is 24.1 Å². The van der Waals surface area contributed by atoms with Crippen LogP contribution < -0.4 is 11.3 Å². The summed E-state index contributed by atoms with van der Waals surface area (Å²) in [5, 5.41) is 0. The Balaban J connectivity index is 2.54. The first-order valence-electron chi connectivity index (χ1n) is 5.31. The number of nitrogens with one attached hydrogen (secondary N) is 1. The summed E-state index contributed by atoms with van der Waals surface area (Å²) in [7, 11) is 0. The van der Waals surface area contributed by atoms with E-state index >= 15 is 0 Å². The zero-order valence-corrected chi connectivity index (χ0v) is 9.51. The molecule has 0 aliphatic heterocycles. The van der Waals surface area contributed by atoms with Crippen molar-refractivity contribution >= 4 is 0 Å². The van der Waals surface area contributed by atoms with Crippen molar-refractivity contribution in [1.29, 1.82) is 0 Å². The third kappa shape index (κ3) is 4.99. The van der Waals surface area contributed by atoms with E-state index in [4.69, 9.17) is 5.84 Å². The molecule has 0 spiro atoms. The summed E-state index contributed by atoms with van der Waals surface area (Å²) in [6, 6.07) is 2.43. The molecule has 1 rings (SSSR count). The van der Waals surface area contributed by atoms with Crippen LogP contribution in [0.25, 0.3) is 0 Å². The Bertz CT molecular complexity index is 356. The molecule has 0 saturated carbocycles. The fourth-order valence-corrected chi connectivity index (χ4v) is 1.50. The van der Waals surface area contributed by atoms with Crippen molar-refractivity contribution in [2.45, 2.75) is 18.9 Å². The van der Waals surface area contributed by atoms with Crippen LogP contribution in [0.1, 0.15) is 18.0 Å². The molecule has 1 unspecified atom stereocenters. The lowest BCUT2D eigenvalue weighted by Gasteiger charge is -2.16. The number of ether oxygens (including phenoxy) is 1. The molecule has 0 fully saturated rings. The molecule has 1 aromatic carbocycles. The standard InChI is InChI=1S/C11H14F4N2O/c12-8-3-7(4-9(13)5-8)10(17-16)1-2-18-6-11(14)15/h3-5,10-11,17H,1-2,6,16H2. The van der Waals surface area contributed by atoms with Gasteiger partial charge in [0.15, 0.2) is 0 Å². The Morgan fingerprint density at radius 2 is 1.78 bits per heavy atom. The molecule has 0 radical (unpaired) electrons. The van der Waals surface area contributed by atoms with E-state index in [1.54, 1.807) is 0 Å². The van der Waals surface area contributed by atoms with Crippen molar-refractivity contribution in [3.8, 4) is 0 Å². The number of halogens is 4. The highest BCUT2D eigenvalue weighted by molar-refractivity contribution is 5.21. The van der Waals surface area contributed by atoms with Crippen LogP contribution in [0.5, 0.6) is 0 Å². The second-order valence-corrected chi connectivity index (χ2v) is 3.68. The van der Waals surface area contributed by atoms with E-state index in [-0.39, 0.29) is 13.0 Å². The van der Waals surface area contributed by atoms with E-state index in [1.165, 1.54) is 0 Å². The highest BCUT2D eigenvalue weighted by Gasteiger charge is 2.12. The van der Waals surface area contributed by atoms with Crippen molar-refractivity contribution in [3.05, 3.63) is 35.4 Å². The summed E-state index contributed by atoms with van der Waals surface area (Å²) in [5.74, 6) is 3.80. The van der Waals surface area contributed by atoms with Gasteiger partial charge in [-0.1, -0.05) is 0 Å². The van der Waals surface area contributed by atoms with E-state index in [2.05, 4.69) is 10.2 Å². The Hall–Kier alpha value is -1.18. The third-order valence-electron chi connectivity index (χ3n) is 2.28. The number of alkyl halides is 2. The fraction of sp³-hybridized carbons (Fsp3) is 0.455. The van der Waals surface area contributed by atoms with Crippen LogP contribution in [-0.4, -0.2) is 19.6 Å². The molecule has 3 nitrogen and oxygen atoms in total. The van der Waals surface area contributed by atoms with Gasteiger partial charge in [0.05, 0.1) is 0 Å². The van der Waals surface area contributed by atoms with E-state index in [9.17, 15) is 17.6 Å². The minimum atomic E-state index is -2.54. The van der Waals surface area contributed by atoms with Crippen LogP contribution in [0.2, 0.25) is 0 Å². The number of benzene rings is 1. The van der Waals surface area contributed by atoms with E-state index in [0.717, 1.165) is 18.2 Å². The normalized spacial score (nSPS) is 13.0. The molecule has 0 amide bonds. The molecule has 1 aromatic rings. The van der Waals surface area contributed by atoms with Gasteiger partial charge in [0.1, 0.15) is 18.2 Å². The van der Waals surface area contributed by atoms with Gasteiger partial charge in [-0.25, -0.2) is 17.6 Å². The molecule has 7 heteroatoms. The monoisotopic (exact) mass is 266 g/mol. The number of hydrogen-bond acceptors (Lipinski definition) is 3. The maximum atomic E-state index is 13.0. The molecule has 0 bridgehead atoms. The molecular formula is C11H14F4N2O. The first-order valence-corrected chi connectivity index (χ1v) is 5.31. The van der Waals surface area contributed by atoms with Crippen molar-refractivity contribution < 1.29 is 22.3 Å². The summed E-state index contributed by atoms with van der Waals surface area (Å²) in [4.78, 5) is 0. The van der Waals surface area contributed by atoms with Gasteiger partial charge in [0, 0.05) is 18.7 Å². The first kappa shape index (κ1) is 14.9. The summed E-state index contributed by atoms with van der Waals surface area (Å²) >= 11 is 0. The highest BCUT2D eigenvalue weighted by Crippen LogP contribution is 2.18. The van der Waals surface area contributed by atoms with Crippen LogP contribution in [0.3, 0.4) is 0 Å². The van der Waals surface area contributed by atoms with Gasteiger partial charge in [0.25, 0.3) is 6.43 Å². The number of hydrogen-bond donors (Lipinski definition) is 2. The fourth-order valence-electron chi connectivity index (χ4n) is 1.50. The average molecular weight is 266 g/mol. The molecule has 1 atom stereocenters. The van der Waals surface area contributed by atoms with Gasteiger partial charge in [-0.3, -0.25) is 11.3 Å². The van der Waals surface area contributed by atoms with E-state index in [1.807, 2.05) is 0 Å². The van der Waals surface area contributed by atoms with Crippen LogP contribution >= 0.6 is 0 Å². The zero-order valence-electron chi connectivity index (χ0n) is 9.51. The second-order valence-electron chi connectivity index (χ2n) is 3.68. The van der Waals surface area contributed by atoms with E-state index in [0.29, 0.717) is 5.56 Å². The van der Waals surface area contributed by atoms with Gasteiger partial charge >= 0.3 is 0 Å². The van der Waals surface area contributed by atoms with Crippen LogP contribution in [0.15, 0.2) is 18.2 Å². The molecule has 102 valence electrons. The number of rotatable bonds is 7. The zero-order chi connectivity index (χ0) is 13.5. The van der Waals surface area contributed by atoms with Crippen LogP contribution in [-0.2, 0) is 4.74 Å². The average Bonchev–Trinajstić information content (AvgIpc) is 2.27. The maximum Gasteiger partial charge on any atom is 0.261 e. The lowest BCUT2D eigenvalue weighted by atomic mass is 10.0. The molecule has 0 heterocycles. The number of nitrogens with two attached hydrogens (primary N) is 1.